The molecule has 2 fully saturated rings. The van der Waals surface area contributed by atoms with Gasteiger partial charge in [-0.3, -0.25) is 14.5 Å². The van der Waals surface area contributed by atoms with Crippen LogP contribution in [0.5, 0.6) is 11.5 Å². The van der Waals surface area contributed by atoms with E-state index in [1.165, 1.54) is 11.0 Å². The fraction of sp³-hybridized carbons (Fsp3) is 0.429. The van der Waals surface area contributed by atoms with Crippen molar-refractivity contribution < 1.29 is 29.3 Å². The van der Waals surface area contributed by atoms with Crippen LogP contribution in [0.1, 0.15) is 42.5 Å². The van der Waals surface area contributed by atoms with Crippen molar-refractivity contribution in [3.05, 3.63) is 64.7 Å². The fourth-order valence-electron chi connectivity index (χ4n) is 4.70. The summed E-state index contributed by atoms with van der Waals surface area (Å²) in [5.74, 6) is -1.24. The molecule has 192 valence electrons. The first-order valence-electron chi connectivity index (χ1n) is 12.5. The molecule has 2 heterocycles. The van der Waals surface area contributed by atoms with Gasteiger partial charge in [0.25, 0.3) is 11.7 Å². The van der Waals surface area contributed by atoms with Crippen LogP contribution in [0.15, 0.2) is 48.0 Å². The summed E-state index contributed by atoms with van der Waals surface area (Å²) in [6.07, 6.45) is 1.56. The monoisotopic (exact) mass is 494 g/mol. The molecule has 0 bridgehead atoms. The van der Waals surface area contributed by atoms with Gasteiger partial charge in [-0.1, -0.05) is 30.7 Å². The number of aromatic hydroxyl groups is 1. The van der Waals surface area contributed by atoms with E-state index in [-0.39, 0.29) is 22.6 Å². The summed E-state index contributed by atoms with van der Waals surface area (Å²) < 4.78 is 11.1. The van der Waals surface area contributed by atoms with Crippen LogP contribution in [0, 0.1) is 6.92 Å². The van der Waals surface area contributed by atoms with Gasteiger partial charge in [-0.25, -0.2) is 0 Å². The van der Waals surface area contributed by atoms with Gasteiger partial charge in [-0.05, 0) is 49.6 Å². The largest absolute Gasteiger partial charge is 0.507 e. The predicted octanol–water partition coefficient (Wildman–Crippen LogP) is 3.63. The molecule has 1 amide bonds. The summed E-state index contributed by atoms with van der Waals surface area (Å²) in [5, 5.41) is 21.6. The lowest BCUT2D eigenvalue weighted by Gasteiger charge is -2.29. The molecule has 2 saturated heterocycles. The van der Waals surface area contributed by atoms with E-state index >= 15 is 0 Å². The average Bonchev–Trinajstić information content (AvgIpc) is 3.14. The van der Waals surface area contributed by atoms with E-state index < -0.39 is 17.7 Å². The van der Waals surface area contributed by atoms with Crippen molar-refractivity contribution in [2.75, 3.05) is 46.0 Å². The highest BCUT2D eigenvalue weighted by atomic mass is 16.5. The second-order valence-corrected chi connectivity index (χ2v) is 9.24. The number of hydrogen-bond acceptors (Lipinski definition) is 7. The number of hydrogen-bond donors (Lipinski definition) is 2. The van der Waals surface area contributed by atoms with E-state index in [4.69, 9.17) is 9.47 Å². The zero-order chi connectivity index (χ0) is 25.7. The first-order chi connectivity index (χ1) is 17.4. The lowest BCUT2D eigenvalue weighted by Crippen LogP contribution is -2.38. The Hall–Kier alpha value is -3.36. The molecule has 2 aromatic carbocycles. The number of amides is 1. The van der Waals surface area contributed by atoms with Crippen molar-refractivity contribution in [2.24, 2.45) is 0 Å². The number of phenols is 1. The average molecular weight is 495 g/mol. The number of aliphatic hydroxyl groups is 1. The standard InChI is InChI=1S/C28H34N2O6/c1-3-15-36-21-8-6-20(7-9-21)25-24(26(32)22-18-19(2)5-10-23(22)31)27(33)28(34)30(25)12-4-11-29-13-16-35-17-14-29/h5-10,18,25,31-32H,3-4,11-17H2,1-2H3/t25-/m0/s1. The van der Waals surface area contributed by atoms with Gasteiger partial charge in [0.15, 0.2) is 0 Å². The number of Topliss-reactive ketones (excluding diaryl/α,β-unsaturated/α-hetero) is 1. The Labute approximate surface area is 211 Å². The highest BCUT2D eigenvalue weighted by Crippen LogP contribution is 2.41. The van der Waals surface area contributed by atoms with Crippen molar-refractivity contribution in [1.29, 1.82) is 0 Å². The summed E-state index contributed by atoms with van der Waals surface area (Å²) in [7, 11) is 0. The first kappa shape index (κ1) is 25.7. The SMILES string of the molecule is CCCOc1ccc([C@H]2C(=C(O)c3cc(C)ccc3O)C(=O)C(=O)N2CCCN2CCOCC2)cc1. The van der Waals surface area contributed by atoms with E-state index in [1.807, 2.05) is 38.1 Å². The van der Waals surface area contributed by atoms with Crippen LogP contribution in [0.3, 0.4) is 0 Å². The smallest absolute Gasteiger partial charge is 0.295 e. The lowest BCUT2D eigenvalue weighted by molar-refractivity contribution is -0.140. The minimum atomic E-state index is -0.769. The van der Waals surface area contributed by atoms with Crippen LogP contribution in [0.25, 0.3) is 5.76 Å². The Bertz CT molecular complexity index is 1120. The van der Waals surface area contributed by atoms with Gasteiger partial charge in [0, 0.05) is 26.2 Å². The molecule has 0 saturated carbocycles. The van der Waals surface area contributed by atoms with Crippen LogP contribution in [0.2, 0.25) is 0 Å². The minimum absolute atomic E-state index is 0.0190. The maximum atomic E-state index is 13.2. The summed E-state index contributed by atoms with van der Waals surface area (Å²) in [4.78, 5) is 30.2. The van der Waals surface area contributed by atoms with Gasteiger partial charge in [-0.2, -0.15) is 0 Å². The van der Waals surface area contributed by atoms with Crippen LogP contribution in [0.4, 0.5) is 0 Å². The van der Waals surface area contributed by atoms with Crippen LogP contribution in [-0.2, 0) is 14.3 Å². The van der Waals surface area contributed by atoms with Crippen molar-refractivity contribution in [2.45, 2.75) is 32.7 Å². The molecular formula is C28H34N2O6. The van der Waals surface area contributed by atoms with Gasteiger partial charge in [0.05, 0.1) is 37.0 Å². The quantitative estimate of drug-likeness (QED) is 0.312. The maximum absolute atomic E-state index is 13.2. The van der Waals surface area contributed by atoms with Crippen molar-refractivity contribution in [1.82, 2.24) is 9.80 Å². The van der Waals surface area contributed by atoms with Crippen LogP contribution < -0.4 is 4.74 Å². The molecule has 2 aromatic rings. The molecule has 1 atom stereocenters. The fourth-order valence-corrected chi connectivity index (χ4v) is 4.70. The molecule has 0 unspecified atom stereocenters. The Morgan fingerprint density at radius 1 is 1.08 bits per heavy atom. The van der Waals surface area contributed by atoms with Crippen molar-refractivity contribution >= 4 is 17.4 Å². The van der Waals surface area contributed by atoms with E-state index in [0.717, 1.165) is 31.6 Å². The Balaban J connectivity index is 1.68. The molecule has 4 rings (SSSR count). The molecule has 0 aliphatic carbocycles. The molecule has 8 nitrogen and oxygen atoms in total. The summed E-state index contributed by atoms with van der Waals surface area (Å²) in [6.45, 7) is 8.65. The van der Waals surface area contributed by atoms with Gasteiger partial charge in [-0.15, -0.1) is 0 Å². The lowest BCUT2D eigenvalue weighted by atomic mass is 9.94. The second kappa shape index (κ2) is 11.6. The maximum Gasteiger partial charge on any atom is 0.295 e. The van der Waals surface area contributed by atoms with Crippen LogP contribution >= 0.6 is 0 Å². The summed E-state index contributed by atoms with van der Waals surface area (Å²) in [5.41, 5.74) is 1.62. The topological polar surface area (TPSA) is 99.5 Å². The molecule has 2 aliphatic rings. The van der Waals surface area contributed by atoms with Crippen LogP contribution in [-0.4, -0.2) is 77.7 Å². The highest BCUT2D eigenvalue weighted by molar-refractivity contribution is 6.46. The Morgan fingerprint density at radius 2 is 1.81 bits per heavy atom. The van der Waals surface area contributed by atoms with Gasteiger partial charge < -0.3 is 24.6 Å². The minimum Gasteiger partial charge on any atom is -0.507 e. The molecule has 0 aromatic heterocycles. The van der Waals surface area contributed by atoms with Gasteiger partial charge >= 0.3 is 0 Å². The number of phenolic OH excluding ortho intramolecular Hbond substituents is 1. The number of carbonyl (C=O) groups is 2. The third kappa shape index (κ3) is 5.55. The molecule has 0 spiro atoms. The first-order valence-corrected chi connectivity index (χ1v) is 12.5. The van der Waals surface area contributed by atoms with E-state index in [1.54, 1.807) is 12.1 Å². The highest BCUT2D eigenvalue weighted by Gasteiger charge is 2.46. The number of nitrogens with zero attached hydrogens (tertiary/aromatic N) is 2. The number of ether oxygens (including phenoxy) is 2. The predicted molar refractivity (Wildman–Crippen MR) is 136 cm³/mol. The zero-order valence-electron chi connectivity index (χ0n) is 20.9. The number of likely N-dealkylation sites (tertiary alicyclic amines) is 1. The second-order valence-electron chi connectivity index (χ2n) is 9.24. The number of ketones is 1. The molecule has 0 radical (unpaired) electrons. The molecule has 8 heteroatoms. The number of benzene rings is 2. The number of morpholine rings is 1. The third-order valence-electron chi connectivity index (χ3n) is 6.59. The molecule has 36 heavy (non-hydrogen) atoms. The molecule has 2 aliphatic heterocycles. The molecular weight excluding hydrogens is 460 g/mol. The Kier molecular flexibility index (Phi) is 8.28. The number of carbonyl (C=O) groups excluding carboxylic acids is 2. The molecule has 2 N–H and O–H groups in total. The number of aryl methyl sites for hydroxylation is 1. The van der Waals surface area contributed by atoms with Crippen molar-refractivity contribution in [3.8, 4) is 11.5 Å². The van der Waals surface area contributed by atoms with E-state index in [0.29, 0.717) is 44.1 Å². The van der Waals surface area contributed by atoms with E-state index in [9.17, 15) is 19.8 Å². The van der Waals surface area contributed by atoms with Crippen molar-refractivity contribution in [3.63, 3.8) is 0 Å². The van der Waals surface area contributed by atoms with E-state index in [2.05, 4.69) is 4.90 Å². The van der Waals surface area contributed by atoms with Gasteiger partial charge in [0.1, 0.15) is 17.3 Å². The van der Waals surface area contributed by atoms with Gasteiger partial charge in [0.2, 0.25) is 0 Å². The number of rotatable bonds is 9. The normalized spacial score (nSPS) is 20.2. The third-order valence-corrected chi connectivity index (χ3v) is 6.59. The number of aliphatic hydroxyl groups excluding tert-OH is 1. The Morgan fingerprint density at radius 3 is 2.50 bits per heavy atom. The zero-order valence-corrected chi connectivity index (χ0v) is 20.9. The summed E-state index contributed by atoms with van der Waals surface area (Å²) in [6, 6.07) is 11.3. The summed E-state index contributed by atoms with van der Waals surface area (Å²) >= 11 is 0.